The van der Waals surface area contributed by atoms with Crippen molar-refractivity contribution in [3.05, 3.63) is 40.9 Å². The summed E-state index contributed by atoms with van der Waals surface area (Å²) in [7, 11) is -3.46. The lowest BCUT2D eigenvalue weighted by Crippen LogP contribution is -2.08. The zero-order valence-electron chi connectivity index (χ0n) is 10.5. The Balaban J connectivity index is 2.88. The molecule has 4 nitrogen and oxygen atoms in total. The predicted molar refractivity (Wildman–Crippen MR) is 72.6 cm³/mol. The Morgan fingerprint density at radius 3 is 2.50 bits per heavy atom. The lowest BCUT2D eigenvalue weighted by Gasteiger charge is -2.03. The standard InChI is InChI=1S/C13H16N2O2S/c1-3-8-18(16,17)13(9-14)10-15-12-6-4-11(2)5-7-12/h4-7,10,15H,3,8H2,1-2H3/b13-10+. The minimum Gasteiger partial charge on any atom is -0.360 e. The Labute approximate surface area is 108 Å². The molecule has 0 aliphatic rings. The van der Waals surface area contributed by atoms with Gasteiger partial charge in [-0.2, -0.15) is 5.26 Å². The minimum absolute atomic E-state index is 0.0119. The Hall–Kier alpha value is -1.80. The molecule has 1 rings (SSSR count). The summed E-state index contributed by atoms with van der Waals surface area (Å²) >= 11 is 0. The van der Waals surface area contributed by atoms with Gasteiger partial charge in [-0.15, -0.1) is 0 Å². The van der Waals surface area contributed by atoms with Crippen molar-refractivity contribution >= 4 is 15.5 Å². The fourth-order valence-corrected chi connectivity index (χ4v) is 2.50. The molecule has 0 saturated heterocycles. The van der Waals surface area contributed by atoms with Crippen molar-refractivity contribution in [2.45, 2.75) is 20.3 Å². The number of anilines is 1. The number of sulfone groups is 1. The first-order valence-electron chi connectivity index (χ1n) is 5.66. The first kappa shape index (κ1) is 14.3. The predicted octanol–water partition coefficient (Wildman–Crippen LogP) is 2.60. The molecule has 1 N–H and O–H groups in total. The van der Waals surface area contributed by atoms with Crippen molar-refractivity contribution in [3.63, 3.8) is 0 Å². The Kier molecular flexibility index (Phi) is 4.93. The molecule has 1 aromatic carbocycles. The Bertz CT molecular complexity index is 566. The molecule has 0 amide bonds. The van der Waals surface area contributed by atoms with E-state index in [1.807, 2.05) is 31.2 Å². The summed E-state index contributed by atoms with van der Waals surface area (Å²) in [6.45, 7) is 3.73. The zero-order chi connectivity index (χ0) is 13.6. The molecule has 0 bridgehead atoms. The fourth-order valence-electron chi connectivity index (χ4n) is 1.37. The maximum Gasteiger partial charge on any atom is 0.189 e. The molecule has 1 aromatic rings. The lowest BCUT2D eigenvalue weighted by atomic mass is 10.2. The number of hydrogen-bond acceptors (Lipinski definition) is 4. The Morgan fingerprint density at radius 2 is 2.00 bits per heavy atom. The van der Waals surface area contributed by atoms with Gasteiger partial charge in [-0.25, -0.2) is 8.42 Å². The average Bonchev–Trinajstić information content (AvgIpc) is 2.32. The number of nitriles is 1. The summed E-state index contributed by atoms with van der Waals surface area (Å²) in [4.78, 5) is -0.232. The van der Waals surface area contributed by atoms with E-state index in [2.05, 4.69) is 5.32 Å². The SMILES string of the molecule is CCCS(=O)(=O)/C(C#N)=C/Nc1ccc(C)cc1. The van der Waals surface area contributed by atoms with Gasteiger partial charge < -0.3 is 5.32 Å². The Morgan fingerprint density at radius 1 is 1.39 bits per heavy atom. The fraction of sp³-hybridized carbons (Fsp3) is 0.308. The summed E-state index contributed by atoms with van der Waals surface area (Å²) in [5, 5.41) is 11.7. The highest BCUT2D eigenvalue weighted by atomic mass is 32.2. The first-order valence-corrected chi connectivity index (χ1v) is 7.31. The monoisotopic (exact) mass is 264 g/mol. The summed E-state index contributed by atoms with van der Waals surface area (Å²) in [6.07, 6.45) is 1.74. The van der Waals surface area contributed by atoms with E-state index >= 15 is 0 Å². The van der Waals surface area contributed by atoms with Gasteiger partial charge in [0.1, 0.15) is 6.07 Å². The number of benzene rings is 1. The van der Waals surface area contributed by atoms with E-state index in [1.54, 1.807) is 13.0 Å². The van der Waals surface area contributed by atoms with E-state index in [1.165, 1.54) is 6.20 Å². The van der Waals surface area contributed by atoms with Crippen LogP contribution in [0.25, 0.3) is 0 Å². The number of nitrogens with one attached hydrogen (secondary N) is 1. The topological polar surface area (TPSA) is 70.0 Å². The maximum absolute atomic E-state index is 11.7. The molecule has 0 aliphatic heterocycles. The van der Waals surface area contributed by atoms with Crippen LogP contribution < -0.4 is 5.32 Å². The smallest absolute Gasteiger partial charge is 0.189 e. The van der Waals surface area contributed by atoms with Gasteiger partial charge in [0, 0.05) is 11.9 Å². The highest BCUT2D eigenvalue weighted by Gasteiger charge is 2.15. The van der Waals surface area contributed by atoms with Crippen LogP contribution in [0.3, 0.4) is 0 Å². The molecule has 0 saturated carbocycles. The first-order chi connectivity index (χ1) is 8.49. The molecule has 0 atom stereocenters. The van der Waals surface area contributed by atoms with Crippen LogP contribution in [-0.4, -0.2) is 14.2 Å². The second-order valence-electron chi connectivity index (χ2n) is 3.95. The van der Waals surface area contributed by atoms with E-state index in [0.717, 1.165) is 11.3 Å². The highest BCUT2D eigenvalue weighted by Crippen LogP contribution is 2.12. The molecular formula is C13H16N2O2S. The third-order valence-corrected chi connectivity index (χ3v) is 4.16. The number of hydrogen-bond donors (Lipinski definition) is 1. The second-order valence-corrected chi connectivity index (χ2v) is 6.03. The normalized spacial score (nSPS) is 11.9. The minimum atomic E-state index is -3.46. The van der Waals surface area contributed by atoms with Gasteiger partial charge in [0.2, 0.25) is 0 Å². The molecule has 18 heavy (non-hydrogen) atoms. The molecule has 0 aromatic heterocycles. The quantitative estimate of drug-likeness (QED) is 0.830. The van der Waals surface area contributed by atoms with Crippen LogP contribution in [0.5, 0.6) is 0 Å². The van der Waals surface area contributed by atoms with E-state index in [9.17, 15) is 8.42 Å². The van der Waals surface area contributed by atoms with Crippen LogP contribution in [-0.2, 0) is 9.84 Å². The lowest BCUT2D eigenvalue weighted by molar-refractivity contribution is 0.601. The molecule has 0 unspecified atom stereocenters. The molecule has 0 radical (unpaired) electrons. The third kappa shape index (κ3) is 3.90. The molecule has 0 heterocycles. The summed E-state index contributed by atoms with van der Waals surface area (Å²) in [5.41, 5.74) is 1.86. The van der Waals surface area contributed by atoms with Gasteiger partial charge in [0.25, 0.3) is 0 Å². The van der Waals surface area contributed by atoms with Crippen LogP contribution in [0.15, 0.2) is 35.4 Å². The van der Waals surface area contributed by atoms with Gasteiger partial charge in [-0.3, -0.25) is 0 Å². The highest BCUT2D eigenvalue weighted by molar-refractivity contribution is 7.95. The molecule has 0 spiro atoms. The van der Waals surface area contributed by atoms with E-state index in [0.29, 0.717) is 6.42 Å². The van der Waals surface area contributed by atoms with Gasteiger partial charge >= 0.3 is 0 Å². The number of aryl methyl sites for hydroxylation is 1. The van der Waals surface area contributed by atoms with Gasteiger partial charge in [-0.05, 0) is 25.5 Å². The number of allylic oxidation sites excluding steroid dienone is 1. The zero-order valence-corrected chi connectivity index (χ0v) is 11.3. The van der Waals surface area contributed by atoms with Crippen LogP contribution in [0, 0.1) is 18.3 Å². The summed E-state index contributed by atoms with van der Waals surface area (Å²) in [5.74, 6) is -0.0119. The molecule has 5 heteroatoms. The van der Waals surface area contributed by atoms with Gasteiger partial charge in [0.15, 0.2) is 14.7 Å². The van der Waals surface area contributed by atoms with Crippen molar-refractivity contribution < 1.29 is 8.42 Å². The van der Waals surface area contributed by atoms with E-state index in [-0.39, 0.29) is 10.7 Å². The van der Waals surface area contributed by atoms with Gasteiger partial charge in [-0.1, -0.05) is 24.6 Å². The van der Waals surface area contributed by atoms with Crippen LogP contribution >= 0.6 is 0 Å². The van der Waals surface area contributed by atoms with Crippen molar-refractivity contribution in [1.29, 1.82) is 5.26 Å². The summed E-state index contributed by atoms with van der Waals surface area (Å²) < 4.78 is 23.4. The van der Waals surface area contributed by atoms with Crippen LogP contribution in [0.4, 0.5) is 5.69 Å². The van der Waals surface area contributed by atoms with Crippen LogP contribution in [0.1, 0.15) is 18.9 Å². The van der Waals surface area contributed by atoms with E-state index < -0.39 is 9.84 Å². The van der Waals surface area contributed by atoms with Crippen molar-refractivity contribution in [3.8, 4) is 6.07 Å². The third-order valence-electron chi connectivity index (χ3n) is 2.34. The van der Waals surface area contributed by atoms with Crippen LogP contribution in [0.2, 0.25) is 0 Å². The van der Waals surface area contributed by atoms with Crippen molar-refractivity contribution in [1.82, 2.24) is 0 Å². The second kappa shape index (κ2) is 6.22. The number of rotatable bonds is 5. The van der Waals surface area contributed by atoms with Crippen molar-refractivity contribution in [2.24, 2.45) is 0 Å². The largest absolute Gasteiger partial charge is 0.360 e. The maximum atomic E-state index is 11.7. The molecule has 0 fully saturated rings. The van der Waals surface area contributed by atoms with Crippen molar-refractivity contribution in [2.75, 3.05) is 11.1 Å². The van der Waals surface area contributed by atoms with Gasteiger partial charge in [0.05, 0.1) is 5.75 Å². The molecule has 0 aliphatic carbocycles. The molecule has 96 valence electrons. The van der Waals surface area contributed by atoms with E-state index in [4.69, 9.17) is 5.26 Å². The molecular weight excluding hydrogens is 248 g/mol. The number of nitrogens with zero attached hydrogens (tertiary/aromatic N) is 1. The summed E-state index contributed by atoms with van der Waals surface area (Å²) in [6, 6.07) is 9.18. The average molecular weight is 264 g/mol.